The molecule has 2 saturated heterocycles. The van der Waals surface area contributed by atoms with Crippen LogP contribution >= 0.6 is 11.8 Å². The Morgan fingerprint density at radius 2 is 1.88 bits per heavy atom. The number of rotatable bonds is 4. The molecule has 2 aromatic rings. The van der Waals surface area contributed by atoms with Gasteiger partial charge in [0, 0.05) is 30.7 Å². The van der Waals surface area contributed by atoms with Crippen LogP contribution in [0.15, 0.2) is 47.5 Å². The summed E-state index contributed by atoms with van der Waals surface area (Å²) in [6.07, 6.45) is -1.49. The lowest BCUT2D eigenvalue weighted by Gasteiger charge is -2.28. The molecule has 3 amide bonds. The maximum Gasteiger partial charge on any atom is 0.416 e. The number of benzene rings is 1. The van der Waals surface area contributed by atoms with Crippen LogP contribution in [0.2, 0.25) is 0 Å². The smallest absolute Gasteiger partial charge is 0.378 e. The van der Waals surface area contributed by atoms with Gasteiger partial charge in [0.1, 0.15) is 6.54 Å². The number of amides is 3. The molecule has 0 aliphatic carbocycles. The Kier molecular flexibility index (Phi) is 6.11. The molecule has 4 rings (SSSR count). The van der Waals surface area contributed by atoms with E-state index in [-0.39, 0.29) is 23.0 Å². The number of aromatic nitrogens is 1. The van der Waals surface area contributed by atoms with E-state index in [2.05, 4.69) is 0 Å². The number of hydrogen-bond donors (Lipinski definition) is 0. The number of carbonyl (C=O) groups excluding carboxylic acids is 3. The molecule has 0 bridgehead atoms. The molecule has 0 spiro atoms. The molecule has 11 heteroatoms. The third kappa shape index (κ3) is 4.58. The van der Waals surface area contributed by atoms with Crippen molar-refractivity contribution in [2.75, 3.05) is 32.8 Å². The predicted molar refractivity (Wildman–Crippen MR) is 111 cm³/mol. The van der Waals surface area contributed by atoms with Crippen LogP contribution in [0.1, 0.15) is 11.3 Å². The lowest BCUT2D eigenvalue weighted by molar-refractivity contribution is -0.139. The minimum atomic E-state index is -4.49. The van der Waals surface area contributed by atoms with Gasteiger partial charge in [0.25, 0.3) is 11.1 Å². The number of nitrogens with zero attached hydrogens (tertiary/aromatic N) is 3. The van der Waals surface area contributed by atoms with Crippen molar-refractivity contribution in [2.24, 2.45) is 0 Å². The Bertz CT molecular complexity index is 1090. The lowest BCUT2D eigenvalue weighted by Crippen LogP contribution is -2.46. The van der Waals surface area contributed by atoms with Gasteiger partial charge in [-0.3, -0.25) is 19.3 Å². The average molecular weight is 465 g/mol. The van der Waals surface area contributed by atoms with Gasteiger partial charge in [-0.2, -0.15) is 13.2 Å². The van der Waals surface area contributed by atoms with Crippen LogP contribution in [0.4, 0.5) is 18.0 Å². The van der Waals surface area contributed by atoms with Crippen LogP contribution in [0.3, 0.4) is 0 Å². The number of carbonyl (C=O) groups is 3. The number of ether oxygens (including phenoxy) is 1. The molecule has 32 heavy (non-hydrogen) atoms. The van der Waals surface area contributed by atoms with Crippen LogP contribution < -0.4 is 0 Å². The Hall–Kier alpha value is -3.05. The van der Waals surface area contributed by atoms with E-state index in [0.717, 1.165) is 17.0 Å². The van der Waals surface area contributed by atoms with Crippen LogP contribution in [-0.4, -0.2) is 64.3 Å². The molecule has 7 nitrogen and oxygen atoms in total. The van der Waals surface area contributed by atoms with Gasteiger partial charge in [-0.25, -0.2) is 0 Å². The summed E-state index contributed by atoms with van der Waals surface area (Å²) in [5.41, 5.74) is -0.108. The summed E-state index contributed by atoms with van der Waals surface area (Å²) in [5, 5.41) is -0.569. The van der Waals surface area contributed by atoms with Crippen molar-refractivity contribution in [2.45, 2.75) is 6.18 Å². The van der Waals surface area contributed by atoms with Crippen molar-refractivity contribution in [3.8, 4) is 5.69 Å². The summed E-state index contributed by atoms with van der Waals surface area (Å²) in [6.45, 7) is 1.24. The molecule has 2 aliphatic rings. The fraction of sp³-hybridized carbons (Fsp3) is 0.286. The average Bonchev–Trinajstić information content (AvgIpc) is 3.34. The molecule has 1 aromatic carbocycles. The topological polar surface area (TPSA) is 71.9 Å². The van der Waals surface area contributed by atoms with Crippen molar-refractivity contribution in [3.63, 3.8) is 0 Å². The summed E-state index contributed by atoms with van der Waals surface area (Å²) in [5.74, 6) is -0.956. The zero-order valence-corrected chi connectivity index (χ0v) is 17.5. The first-order valence-electron chi connectivity index (χ1n) is 9.70. The predicted octanol–water partition coefficient (Wildman–Crippen LogP) is 3.39. The van der Waals surface area contributed by atoms with Gasteiger partial charge in [0.2, 0.25) is 5.91 Å². The van der Waals surface area contributed by atoms with Crippen molar-refractivity contribution in [3.05, 3.63) is 58.8 Å². The third-order valence-corrected chi connectivity index (χ3v) is 5.95. The van der Waals surface area contributed by atoms with Crippen molar-refractivity contribution in [1.82, 2.24) is 14.4 Å². The zero-order chi connectivity index (χ0) is 22.9. The summed E-state index contributed by atoms with van der Waals surface area (Å²) in [6, 6.07) is 8.03. The molecular weight excluding hydrogens is 447 g/mol. The molecule has 0 atom stereocenters. The number of morpholine rings is 1. The second-order valence-electron chi connectivity index (χ2n) is 7.11. The quantitative estimate of drug-likeness (QED) is 0.648. The zero-order valence-electron chi connectivity index (χ0n) is 16.7. The molecule has 0 radical (unpaired) electrons. The normalized spacial score (nSPS) is 18.7. The number of hydrogen-bond acceptors (Lipinski definition) is 5. The maximum atomic E-state index is 13.1. The Labute approximate surface area is 185 Å². The summed E-state index contributed by atoms with van der Waals surface area (Å²) >= 11 is 0.690. The molecule has 0 saturated carbocycles. The van der Waals surface area contributed by atoms with Gasteiger partial charge in [0.15, 0.2) is 0 Å². The number of thioether (sulfide) groups is 1. The molecule has 1 aromatic heterocycles. The van der Waals surface area contributed by atoms with Crippen molar-refractivity contribution < 1.29 is 32.3 Å². The largest absolute Gasteiger partial charge is 0.416 e. The summed E-state index contributed by atoms with van der Waals surface area (Å²) < 4.78 is 45.9. The van der Waals surface area contributed by atoms with E-state index in [1.165, 1.54) is 27.7 Å². The van der Waals surface area contributed by atoms with Gasteiger partial charge >= 0.3 is 6.18 Å². The SMILES string of the molecule is O=C(CN1C(=O)S/C(=C\c2cccn2-c2cccc(C(F)(F)F)c2)C1=O)N1CCOCC1. The molecule has 3 heterocycles. The highest BCUT2D eigenvalue weighted by Crippen LogP contribution is 2.34. The molecule has 2 aliphatic heterocycles. The first-order chi connectivity index (χ1) is 15.2. The van der Waals surface area contributed by atoms with E-state index in [9.17, 15) is 27.6 Å². The second-order valence-corrected chi connectivity index (χ2v) is 8.11. The standard InChI is InChI=1S/C21H18F3N3O4S/c22-21(23,24)14-3-1-4-15(11-14)26-6-2-5-16(26)12-17-19(29)27(20(30)32-17)13-18(28)25-7-9-31-10-8-25/h1-6,11-12H,7-10,13H2/b17-12-. The van der Waals surface area contributed by atoms with E-state index >= 15 is 0 Å². The van der Waals surface area contributed by atoms with Gasteiger partial charge in [-0.1, -0.05) is 6.07 Å². The Morgan fingerprint density at radius 1 is 1.12 bits per heavy atom. The number of imide groups is 1. The monoisotopic (exact) mass is 465 g/mol. The van der Waals surface area contributed by atoms with Gasteiger partial charge in [0.05, 0.1) is 23.7 Å². The fourth-order valence-corrected chi connectivity index (χ4v) is 4.22. The molecule has 168 valence electrons. The molecular formula is C21H18F3N3O4S. The van der Waals surface area contributed by atoms with E-state index in [1.807, 2.05) is 0 Å². The van der Waals surface area contributed by atoms with E-state index in [1.54, 1.807) is 18.3 Å². The van der Waals surface area contributed by atoms with Gasteiger partial charge in [-0.05, 0) is 48.2 Å². The van der Waals surface area contributed by atoms with E-state index in [0.29, 0.717) is 43.8 Å². The summed E-state index contributed by atoms with van der Waals surface area (Å²) in [4.78, 5) is 40.0. The molecule has 0 unspecified atom stereocenters. The van der Waals surface area contributed by atoms with Crippen LogP contribution in [0.25, 0.3) is 11.8 Å². The number of halogens is 3. The first kappa shape index (κ1) is 22.2. The minimum Gasteiger partial charge on any atom is -0.378 e. The highest BCUT2D eigenvalue weighted by Gasteiger charge is 2.37. The highest BCUT2D eigenvalue weighted by molar-refractivity contribution is 8.18. The van der Waals surface area contributed by atoms with E-state index in [4.69, 9.17) is 4.74 Å². The third-order valence-electron chi connectivity index (χ3n) is 5.04. The summed E-state index contributed by atoms with van der Waals surface area (Å²) in [7, 11) is 0. The number of alkyl halides is 3. The fourth-order valence-electron chi connectivity index (χ4n) is 3.40. The van der Waals surface area contributed by atoms with Gasteiger partial charge < -0.3 is 14.2 Å². The van der Waals surface area contributed by atoms with E-state index < -0.39 is 22.9 Å². The highest BCUT2D eigenvalue weighted by atomic mass is 32.2. The molecule has 2 fully saturated rings. The molecule has 0 N–H and O–H groups in total. The lowest BCUT2D eigenvalue weighted by atomic mass is 10.2. The van der Waals surface area contributed by atoms with Gasteiger partial charge in [-0.15, -0.1) is 0 Å². The first-order valence-corrected chi connectivity index (χ1v) is 10.5. The van der Waals surface area contributed by atoms with Crippen molar-refractivity contribution in [1.29, 1.82) is 0 Å². The Morgan fingerprint density at radius 3 is 2.59 bits per heavy atom. The van der Waals surface area contributed by atoms with Crippen molar-refractivity contribution >= 4 is 34.9 Å². The maximum absolute atomic E-state index is 13.1. The Balaban J connectivity index is 1.54. The van der Waals surface area contributed by atoms with Crippen LogP contribution in [0.5, 0.6) is 0 Å². The second kappa shape index (κ2) is 8.83. The van der Waals surface area contributed by atoms with Crippen LogP contribution in [-0.2, 0) is 20.5 Å². The van der Waals surface area contributed by atoms with Crippen LogP contribution in [0, 0.1) is 0 Å². The minimum absolute atomic E-state index is 0.0942.